The molecule has 36 heavy (non-hydrogen) atoms. The van der Waals surface area contributed by atoms with E-state index in [0.29, 0.717) is 27.2 Å². The number of nitrogens with one attached hydrogen (secondary N) is 2. The first-order chi connectivity index (χ1) is 17.0. The molecule has 10 heteroatoms. The molecule has 0 saturated carbocycles. The number of halogens is 2. The number of para-hydroxylation sites is 1. The Bertz CT molecular complexity index is 1240. The molecule has 3 amide bonds. The lowest BCUT2D eigenvalue weighted by molar-refractivity contribution is -0.116. The summed E-state index contributed by atoms with van der Waals surface area (Å²) in [5.41, 5.74) is 2.59. The van der Waals surface area contributed by atoms with Crippen molar-refractivity contribution in [3.8, 4) is 5.69 Å². The largest absolute Gasteiger partial charge is 0.383 e. The van der Waals surface area contributed by atoms with Gasteiger partial charge < -0.3 is 20.3 Å². The monoisotopic (exact) mass is 531 g/mol. The molecule has 0 radical (unpaired) electrons. The van der Waals surface area contributed by atoms with Crippen LogP contribution in [-0.2, 0) is 14.9 Å². The van der Waals surface area contributed by atoms with E-state index in [9.17, 15) is 9.59 Å². The van der Waals surface area contributed by atoms with Gasteiger partial charge in [0.1, 0.15) is 12.4 Å². The summed E-state index contributed by atoms with van der Waals surface area (Å²) in [6.45, 7) is 8.26. The van der Waals surface area contributed by atoms with Crippen LogP contribution in [0.25, 0.3) is 5.69 Å². The summed E-state index contributed by atoms with van der Waals surface area (Å²) in [5.74, 6) is 0.0623. The molecule has 192 valence electrons. The highest BCUT2D eigenvalue weighted by atomic mass is 35.5. The second-order valence-corrected chi connectivity index (χ2v) is 10.2. The van der Waals surface area contributed by atoms with E-state index in [1.54, 1.807) is 22.9 Å². The fourth-order valence-corrected chi connectivity index (χ4v) is 3.72. The number of benzene rings is 2. The highest BCUT2D eigenvalue weighted by Gasteiger charge is 2.24. The van der Waals surface area contributed by atoms with Crippen molar-refractivity contribution in [1.29, 1.82) is 0 Å². The van der Waals surface area contributed by atoms with Crippen molar-refractivity contribution in [2.45, 2.75) is 33.1 Å². The molecule has 0 bridgehead atoms. The van der Waals surface area contributed by atoms with Gasteiger partial charge in [-0.05, 0) is 36.8 Å². The van der Waals surface area contributed by atoms with Crippen LogP contribution in [0, 0.1) is 6.92 Å². The minimum Gasteiger partial charge on any atom is -0.383 e. The summed E-state index contributed by atoms with van der Waals surface area (Å²) in [6.07, 6.45) is 0. The fourth-order valence-electron chi connectivity index (χ4n) is 3.33. The van der Waals surface area contributed by atoms with Gasteiger partial charge in [-0.15, -0.1) is 0 Å². The van der Waals surface area contributed by atoms with Gasteiger partial charge in [0.25, 0.3) is 0 Å². The Morgan fingerprint density at radius 1 is 1.06 bits per heavy atom. The topological polar surface area (TPSA) is 88.5 Å². The molecule has 1 heterocycles. The Labute approximate surface area is 221 Å². The average Bonchev–Trinajstić information content (AvgIpc) is 3.23. The first kappa shape index (κ1) is 27.5. The van der Waals surface area contributed by atoms with E-state index in [1.165, 1.54) is 12.0 Å². The van der Waals surface area contributed by atoms with E-state index in [1.807, 2.05) is 58.0 Å². The number of aryl methyl sites for hydroxylation is 1. The fraction of sp³-hybridized carbons (Fsp3) is 0.346. The molecule has 0 aliphatic heterocycles. The van der Waals surface area contributed by atoms with E-state index in [0.717, 1.165) is 11.3 Å². The minimum absolute atomic E-state index is 0.201. The van der Waals surface area contributed by atoms with Gasteiger partial charge in [-0.2, -0.15) is 5.10 Å². The SMILES string of the molecule is COCCN(CC(=O)Nc1cc(C(C)(C)C)nn1-c1ccccc1Cl)C(=O)Nc1ccc(C)c(Cl)c1. The van der Waals surface area contributed by atoms with Gasteiger partial charge in [0.05, 0.1) is 23.0 Å². The Morgan fingerprint density at radius 3 is 2.42 bits per heavy atom. The van der Waals surface area contributed by atoms with Gasteiger partial charge in [-0.1, -0.05) is 62.2 Å². The zero-order valence-corrected chi connectivity index (χ0v) is 22.6. The van der Waals surface area contributed by atoms with Crippen LogP contribution in [0.15, 0.2) is 48.5 Å². The van der Waals surface area contributed by atoms with Gasteiger partial charge in [-0.25, -0.2) is 9.48 Å². The van der Waals surface area contributed by atoms with E-state index < -0.39 is 11.9 Å². The quantitative estimate of drug-likeness (QED) is 0.378. The van der Waals surface area contributed by atoms with Crippen LogP contribution in [0.2, 0.25) is 10.0 Å². The highest BCUT2D eigenvalue weighted by Crippen LogP contribution is 2.29. The van der Waals surface area contributed by atoms with E-state index in [-0.39, 0.29) is 25.1 Å². The Hall–Kier alpha value is -3.07. The zero-order valence-electron chi connectivity index (χ0n) is 21.1. The lowest BCUT2D eigenvalue weighted by Gasteiger charge is -2.22. The summed E-state index contributed by atoms with van der Waals surface area (Å²) in [5, 5.41) is 11.4. The van der Waals surface area contributed by atoms with E-state index >= 15 is 0 Å². The third-order valence-corrected chi connectivity index (χ3v) is 6.16. The molecule has 0 spiro atoms. The molecule has 2 aromatic carbocycles. The molecule has 8 nitrogen and oxygen atoms in total. The number of ether oxygens (including phenoxy) is 1. The van der Waals surface area contributed by atoms with E-state index in [2.05, 4.69) is 10.6 Å². The minimum atomic E-state index is -0.447. The molecule has 0 saturated heterocycles. The first-order valence-corrected chi connectivity index (χ1v) is 12.2. The molecular weight excluding hydrogens is 501 g/mol. The van der Waals surface area contributed by atoms with Gasteiger partial charge in [0.15, 0.2) is 0 Å². The molecule has 0 fully saturated rings. The third-order valence-electron chi connectivity index (χ3n) is 5.44. The summed E-state index contributed by atoms with van der Waals surface area (Å²) >= 11 is 12.6. The zero-order chi connectivity index (χ0) is 26.5. The molecule has 0 aliphatic rings. The van der Waals surface area contributed by atoms with Crippen molar-refractivity contribution in [3.05, 3.63) is 69.8 Å². The predicted molar refractivity (Wildman–Crippen MR) is 145 cm³/mol. The van der Waals surface area contributed by atoms with Gasteiger partial charge in [-0.3, -0.25) is 4.79 Å². The Morgan fingerprint density at radius 2 is 1.78 bits per heavy atom. The van der Waals surface area contributed by atoms with Crippen molar-refractivity contribution >= 4 is 46.6 Å². The van der Waals surface area contributed by atoms with Crippen molar-refractivity contribution in [3.63, 3.8) is 0 Å². The van der Waals surface area contributed by atoms with Crippen LogP contribution >= 0.6 is 23.2 Å². The van der Waals surface area contributed by atoms with Gasteiger partial charge in [0, 0.05) is 35.8 Å². The van der Waals surface area contributed by atoms with Crippen molar-refractivity contribution in [1.82, 2.24) is 14.7 Å². The van der Waals surface area contributed by atoms with Crippen molar-refractivity contribution in [2.75, 3.05) is 37.4 Å². The highest BCUT2D eigenvalue weighted by molar-refractivity contribution is 6.32. The smallest absolute Gasteiger partial charge is 0.322 e. The first-order valence-electron chi connectivity index (χ1n) is 11.5. The summed E-state index contributed by atoms with van der Waals surface area (Å²) < 4.78 is 6.74. The molecule has 0 aliphatic carbocycles. The second kappa shape index (κ2) is 11.8. The van der Waals surface area contributed by atoms with Crippen LogP contribution in [0.4, 0.5) is 16.3 Å². The molecule has 0 atom stereocenters. The van der Waals surface area contributed by atoms with Crippen molar-refractivity contribution < 1.29 is 14.3 Å². The maximum Gasteiger partial charge on any atom is 0.322 e. The Kier molecular flexibility index (Phi) is 9.00. The van der Waals surface area contributed by atoms with Gasteiger partial charge >= 0.3 is 6.03 Å². The average molecular weight is 532 g/mol. The lowest BCUT2D eigenvalue weighted by atomic mass is 9.92. The summed E-state index contributed by atoms with van der Waals surface area (Å²) in [7, 11) is 1.53. The van der Waals surface area contributed by atoms with E-state index in [4.69, 9.17) is 33.0 Å². The normalized spacial score (nSPS) is 11.3. The van der Waals surface area contributed by atoms with Crippen LogP contribution < -0.4 is 10.6 Å². The number of carbonyl (C=O) groups excluding carboxylic acids is 2. The summed E-state index contributed by atoms with van der Waals surface area (Å²) in [6, 6.07) is 13.9. The second-order valence-electron chi connectivity index (χ2n) is 9.38. The number of hydrogen-bond acceptors (Lipinski definition) is 4. The van der Waals surface area contributed by atoms with Crippen LogP contribution in [-0.4, -0.2) is 53.4 Å². The number of hydrogen-bond donors (Lipinski definition) is 2. The maximum atomic E-state index is 13.1. The molecular formula is C26H31Cl2N5O3. The maximum absolute atomic E-state index is 13.1. The van der Waals surface area contributed by atoms with Crippen LogP contribution in [0.1, 0.15) is 32.0 Å². The predicted octanol–water partition coefficient (Wildman–Crippen LogP) is 5.90. The number of carbonyl (C=O) groups is 2. The lowest BCUT2D eigenvalue weighted by Crippen LogP contribution is -2.42. The Balaban J connectivity index is 1.82. The van der Waals surface area contributed by atoms with Crippen molar-refractivity contribution in [2.24, 2.45) is 0 Å². The molecule has 3 rings (SSSR count). The number of amides is 3. The molecule has 1 aromatic heterocycles. The number of nitrogens with zero attached hydrogens (tertiary/aromatic N) is 3. The number of urea groups is 1. The third kappa shape index (κ3) is 7.00. The molecule has 2 N–H and O–H groups in total. The van der Waals surface area contributed by atoms with Gasteiger partial charge in [0.2, 0.25) is 5.91 Å². The standard InChI is InChI=1S/C26H31Cl2N5O3/c1-17-10-11-18(14-20(17)28)29-25(35)32(12-13-36-5)16-24(34)30-23-15-22(26(2,3)4)31-33(23)21-9-7-6-8-19(21)27/h6-11,14-15H,12-13,16H2,1-5H3,(H,29,35)(H,30,34). The molecule has 3 aromatic rings. The number of rotatable bonds is 8. The number of methoxy groups -OCH3 is 1. The number of anilines is 2. The van der Waals surface area contributed by atoms with Crippen LogP contribution in [0.5, 0.6) is 0 Å². The summed E-state index contributed by atoms with van der Waals surface area (Å²) in [4.78, 5) is 27.4. The molecule has 0 unspecified atom stereocenters. The van der Waals surface area contributed by atoms with Crippen LogP contribution in [0.3, 0.4) is 0 Å². The number of aromatic nitrogens is 2.